The molecule has 2 aromatic rings. The summed E-state index contributed by atoms with van der Waals surface area (Å²) in [4.78, 5) is 0. The molecule has 0 amide bonds. The van der Waals surface area contributed by atoms with Gasteiger partial charge in [0.2, 0.25) is 0 Å². The number of hydrogen-bond acceptors (Lipinski definition) is 6. The maximum Gasteiger partial charge on any atom is 0.178 e. The molecule has 1 fully saturated rings. The van der Waals surface area contributed by atoms with Gasteiger partial charge in [-0.2, -0.15) is 28.0 Å². The molecule has 0 bridgehead atoms. The molecule has 7 heteroatoms. The van der Waals surface area contributed by atoms with Crippen LogP contribution in [0.25, 0.3) is 5.65 Å². The molecule has 0 saturated carbocycles. The number of aryl methyl sites for hydroxylation is 1. The Morgan fingerprint density at radius 1 is 1.39 bits per heavy atom. The normalized spacial score (nSPS) is 20.2. The van der Waals surface area contributed by atoms with Crippen molar-refractivity contribution in [2.24, 2.45) is 0 Å². The molecule has 0 aliphatic carbocycles. The van der Waals surface area contributed by atoms with E-state index < -0.39 is 0 Å². The van der Waals surface area contributed by atoms with E-state index in [2.05, 4.69) is 20.6 Å². The topological polar surface area (TPSA) is 55.1 Å². The van der Waals surface area contributed by atoms with Crippen LogP contribution in [0.15, 0.2) is 12.1 Å². The van der Waals surface area contributed by atoms with Gasteiger partial charge < -0.3 is 5.32 Å². The van der Waals surface area contributed by atoms with Crippen LogP contribution in [0.1, 0.15) is 5.82 Å². The van der Waals surface area contributed by atoms with Crippen LogP contribution in [0.2, 0.25) is 0 Å². The summed E-state index contributed by atoms with van der Waals surface area (Å²) in [6, 6.07) is 3.90. The van der Waals surface area contributed by atoms with Gasteiger partial charge in [-0.05, 0) is 19.1 Å². The highest BCUT2D eigenvalue weighted by Gasteiger charge is 2.14. The summed E-state index contributed by atoms with van der Waals surface area (Å²) in [6.45, 7) is 2.88. The fourth-order valence-electron chi connectivity index (χ4n) is 1.86. The highest BCUT2D eigenvalue weighted by atomic mass is 32.2. The Balaban J connectivity index is 1.68. The van der Waals surface area contributed by atoms with Crippen LogP contribution in [0, 0.1) is 6.92 Å². The van der Waals surface area contributed by atoms with E-state index in [9.17, 15) is 0 Å². The number of nitrogens with one attached hydrogen (secondary N) is 1. The fourth-order valence-corrected chi connectivity index (χ4v) is 4.48. The van der Waals surface area contributed by atoms with Gasteiger partial charge in [-0.15, -0.1) is 15.3 Å². The van der Waals surface area contributed by atoms with E-state index in [0.717, 1.165) is 23.8 Å². The summed E-state index contributed by atoms with van der Waals surface area (Å²) >= 11 is 4.09. The number of fused-ring (bicyclic) bond motifs is 1. The van der Waals surface area contributed by atoms with E-state index in [1.807, 2.05) is 42.6 Å². The number of hydrogen-bond donors (Lipinski definition) is 1. The second-order valence-corrected chi connectivity index (χ2v) is 6.74. The lowest BCUT2D eigenvalue weighted by Gasteiger charge is -2.21. The quantitative estimate of drug-likeness (QED) is 0.924. The number of nitrogens with zero attached hydrogens (tertiary/aromatic N) is 4. The third-order valence-electron chi connectivity index (χ3n) is 2.81. The number of rotatable bonds is 3. The zero-order valence-electron chi connectivity index (χ0n) is 10.2. The second kappa shape index (κ2) is 5.36. The van der Waals surface area contributed by atoms with Crippen LogP contribution in [0.4, 0.5) is 5.82 Å². The molecule has 0 radical (unpaired) electrons. The lowest BCUT2D eigenvalue weighted by molar-refractivity contribution is 0.867. The zero-order valence-corrected chi connectivity index (χ0v) is 11.8. The molecule has 5 nitrogen and oxygen atoms in total. The first-order valence-corrected chi connectivity index (χ1v) is 8.15. The van der Waals surface area contributed by atoms with Gasteiger partial charge in [0.15, 0.2) is 11.5 Å². The summed E-state index contributed by atoms with van der Waals surface area (Å²) in [5.74, 6) is 5.48. The molecule has 0 spiro atoms. The van der Waals surface area contributed by atoms with Crippen molar-refractivity contribution in [3.63, 3.8) is 0 Å². The Morgan fingerprint density at radius 3 is 3.17 bits per heavy atom. The number of anilines is 1. The Kier molecular flexibility index (Phi) is 3.60. The van der Waals surface area contributed by atoms with Crippen molar-refractivity contribution in [2.75, 3.05) is 29.1 Å². The van der Waals surface area contributed by atoms with E-state index >= 15 is 0 Å². The summed E-state index contributed by atoms with van der Waals surface area (Å²) in [5.41, 5.74) is 0.792. The fraction of sp³-hybridized carbons (Fsp3) is 0.545. The SMILES string of the molecule is Cc1nnc2ccc(NCC3CSCCS3)nn12. The van der Waals surface area contributed by atoms with Crippen molar-refractivity contribution in [2.45, 2.75) is 12.2 Å². The standard InChI is InChI=1S/C11H15N5S2/c1-8-13-14-11-3-2-10(15-16(8)11)12-6-9-7-17-4-5-18-9/h2-3,9H,4-7H2,1H3,(H,12,15). The summed E-state index contributed by atoms with van der Waals surface area (Å²) in [6.07, 6.45) is 0. The highest BCUT2D eigenvalue weighted by Crippen LogP contribution is 2.24. The minimum absolute atomic E-state index is 0.684. The largest absolute Gasteiger partial charge is 0.367 e. The number of aromatic nitrogens is 4. The predicted octanol–water partition coefficient (Wildman–Crippen LogP) is 1.69. The molecule has 0 aromatic carbocycles. The van der Waals surface area contributed by atoms with Gasteiger partial charge >= 0.3 is 0 Å². The number of thioether (sulfide) groups is 2. The highest BCUT2D eigenvalue weighted by molar-refractivity contribution is 8.06. The molecule has 3 heterocycles. The molecule has 1 atom stereocenters. The Bertz CT molecular complexity index is 535. The minimum atomic E-state index is 0.684. The Labute approximate surface area is 114 Å². The maximum absolute atomic E-state index is 4.48. The van der Waals surface area contributed by atoms with E-state index in [-0.39, 0.29) is 0 Å². The van der Waals surface area contributed by atoms with Gasteiger partial charge in [-0.1, -0.05) is 0 Å². The molecule has 1 aliphatic rings. The van der Waals surface area contributed by atoms with Crippen molar-refractivity contribution >= 4 is 35.0 Å². The summed E-state index contributed by atoms with van der Waals surface area (Å²) in [7, 11) is 0. The maximum atomic E-state index is 4.48. The summed E-state index contributed by atoms with van der Waals surface area (Å²) in [5, 5.41) is 16.6. The minimum Gasteiger partial charge on any atom is -0.367 e. The molecule has 2 aromatic heterocycles. The van der Waals surface area contributed by atoms with Crippen LogP contribution >= 0.6 is 23.5 Å². The average molecular weight is 281 g/mol. The molecular formula is C11H15N5S2. The first-order valence-electron chi connectivity index (χ1n) is 5.95. The van der Waals surface area contributed by atoms with Gasteiger partial charge in [-0.25, -0.2) is 0 Å². The lowest BCUT2D eigenvalue weighted by Crippen LogP contribution is -2.23. The van der Waals surface area contributed by atoms with E-state index in [4.69, 9.17) is 0 Å². The van der Waals surface area contributed by atoms with Crippen molar-refractivity contribution in [3.05, 3.63) is 18.0 Å². The molecule has 1 N–H and O–H groups in total. The Hall–Kier alpha value is -0.950. The third-order valence-corrected chi connectivity index (χ3v) is 5.66. The van der Waals surface area contributed by atoms with Crippen LogP contribution in [0.3, 0.4) is 0 Å². The molecule has 1 saturated heterocycles. The van der Waals surface area contributed by atoms with Gasteiger partial charge in [0.25, 0.3) is 0 Å². The van der Waals surface area contributed by atoms with E-state index in [1.165, 1.54) is 17.3 Å². The van der Waals surface area contributed by atoms with Crippen molar-refractivity contribution in [3.8, 4) is 0 Å². The molecule has 18 heavy (non-hydrogen) atoms. The van der Waals surface area contributed by atoms with Crippen molar-refractivity contribution in [1.29, 1.82) is 0 Å². The van der Waals surface area contributed by atoms with Crippen molar-refractivity contribution in [1.82, 2.24) is 19.8 Å². The molecular weight excluding hydrogens is 266 g/mol. The first kappa shape index (κ1) is 12.1. The molecule has 3 rings (SSSR count). The van der Waals surface area contributed by atoms with Crippen molar-refractivity contribution < 1.29 is 0 Å². The van der Waals surface area contributed by atoms with Gasteiger partial charge in [0.1, 0.15) is 5.82 Å². The van der Waals surface area contributed by atoms with Crippen LogP contribution in [0.5, 0.6) is 0 Å². The van der Waals surface area contributed by atoms with Gasteiger partial charge in [0, 0.05) is 29.1 Å². The molecule has 1 aliphatic heterocycles. The molecule has 1 unspecified atom stereocenters. The lowest BCUT2D eigenvalue weighted by atomic mass is 10.4. The average Bonchev–Trinajstić information content (AvgIpc) is 2.79. The van der Waals surface area contributed by atoms with Gasteiger partial charge in [0.05, 0.1) is 0 Å². The monoisotopic (exact) mass is 281 g/mol. The molecule has 96 valence electrons. The third kappa shape index (κ3) is 2.56. The second-order valence-electron chi connectivity index (χ2n) is 4.18. The van der Waals surface area contributed by atoms with Crippen LogP contribution in [-0.4, -0.2) is 48.9 Å². The first-order chi connectivity index (χ1) is 8.83. The van der Waals surface area contributed by atoms with Crippen LogP contribution in [-0.2, 0) is 0 Å². The Morgan fingerprint density at radius 2 is 2.33 bits per heavy atom. The van der Waals surface area contributed by atoms with E-state index in [1.54, 1.807) is 4.52 Å². The predicted molar refractivity (Wildman–Crippen MR) is 77.6 cm³/mol. The summed E-state index contributed by atoms with van der Waals surface area (Å²) < 4.78 is 1.77. The van der Waals surface area contributed by atoms with Gasteiger partial charge in [-0.3, -0.25) is 0 Å². The van der Waals surface area contributed by atoms with Crippen LogP contribution < -0.4 is 5.32 Å². The zero-order chi connectivity index (χ0) is 12.4. The van der Waals surface area contributed by atoms with E-state index in [0.29, 0.717) is 5.25 Å². The smallest absolute Gasteiger partial charge is 0.178 e.